The third kappa shape index (κ3) is 3.14. The summed E-state index contributed by atoms with van der Waals surface area (Å²) in [6.07, 6.45) is 5.40. The maximum absolute atomic E-state index is 4.46. The van der Waals surface area contributed by atoms with Crippen LogP contribution in [-0.4, -0.2) is 25.8 Å². The lowest BCUT2D eigenvalue weighted by Crippen LogP contribution is -2.22. The van der Waals surface area contributed by atoms with Gasteiger partial charge in [0.05, 0.1) is 10.7 Å². The fourth-order valence-corrected chi connectivity index (χ4v) is 1.77. The van der Waals surface area contributed by atoms with Crippen molar-refractivity contribution in [3.63, 3.8) is 0 Å². The minimum atomic E-state index is 0.450. The molecule has 0 fully saturated rings. The zero-order valence-corrected chi connectivity index (χ0v) is 12.3. The second-order valence-corrected chi connectivity index (χ2v) is 5.34. The SMILES string of the molecule is Cc1nc(-n2cc(Br)cn2)ncc1CNC(C)C. The first-order valence-corrected chi connectivity index (χ1v) is 6.62. The first-order chi connectivity index (χ1) is 8.56. The number of hydrogen-bond donors (Lipinski definition) is 1. The molecule has 0 aromatic carbocycles. The Morgan fingerprint density at radius 3 is 2.72 bits per heavy atom. The second kappa shape index (κ2) is 5.58. The molecular weight excluding hydrogens is 294 g/mol. The second-order valence-electron chi connectivity index (χ2n) is 4.42. The van der Waals surface area contributed by atoms with E-state index in [1.807, 2.05) is 19.3 Å². The van der Waals surface area contributed by atoms with Gasteiger partial charge >= 0.3 is 0 Å². The summed E-state index contributed by atoms with van der Waals surface area (Å²) in [5.74, 6) is 0.589. The number of hydrogen-bond acceptors (Lipinski definition) is 4. The third-order valence-corrected chi connectivity index (χ3v) is 2.93. The summed E-state index contributed by atoms with van der Waals surface area (Å²) in [4.78, 5) is 8.79. The van der Waals surface area contributed by atoms with Crippen LogP contribution in [0.15, 0.2) is 23.1 Å². The summed E-state index contributed by atoms with van der Waals surface area (Å²) in [5, 5.41) is 7.52. The molecule has 0 radical (unpaired) electrons. The van der Waals surface area contributed by atoms with Crippen LogP contribution in [0.3, 0.4) is 0 Å². The summed E-state index contributed by atoms with van der Waals surface area (Å²) in [6.45, 7) is 7.01. The maximum atomic E-state index is 4.46. The molecule has 2 heterocycles. The molecule has 5 nitrogen and oxygen atoms in total. The number of aryl methyl sites for hydroxylation is 1. The van der Waals surface area contributed by atoms with E-state index in [9.17, 15) is 0 Å². The Hall–Kier alpha value is -1.27. The number of nitrogens with zero attached hydrogens (tertiary/aromatic N) is 4. The van der Waals surface area contributed by atoms with Crippen molar-refractivity contribution in [2.24, 2.45) is 0 Å². The van der Waals surface area contributed by atoms with E-state index in [0.717, 1.165) is 22.3 Å². The molecule has 0 saturated carbocycles. The number of aromatic nitrogens is 4. The van der Waals surface area contributed by atoms with E-state index in [4.69, 9.17) is 0 Å². The lowest BCUT2D eigenvalue weighted by molar-refractivity contribution is 0.584. The highest BCUT2D eigenvalue weighted by molar-refractivity contribution is 9.10. The molecule has 0 bridgehead atoms. The van der Waals surface area contributed by atoms with Crippen molar-refractivity contribution in [3.8, 4) is 5.95 Å². The molecule has 1 N–H and O–H groups in total. The Kier molecular flexibility index (Phi) is 4.08. The van der Waals surface area contributed by atoms with E-state index in [1.165, 1.54) is 0 Å². The largest absolute Gasteiger partial charge is 0.310 e. The van der Waals surface area contributed by atoms with Gasteiger partial charge in [0, 0.05) is 36.2 Å². The molecule has 2 aromatic heterocycles. The fourth-order valence-electron chi connectivity index (χ4n) is 1.49. The van der Waals surface area contributed by atoms with Gasteiger partial charge in [0.25, 0.3) is 5.95 Å². The monoisotopic (exact) mass is 309 g/mol. The molecule has 96 valence electrons. The molecule has 2 rings (SSSR count). The molecule has 6 heteroatoms. The number of halogens is 1. The van der Waals surface area contributed by atoms with Crippen molar-refractivity contribution >= 4 is 15.9 Å². The van der Waals surface area contributed by atoms with Gasteiger partial charge in [-0.05, 0) is 22.9 Å². The smallest absolute Gasteiger partial charge is 0.250 e. The predicted molar refractivity (Wildman–Crippen MR) is 73.6 cm³/mol. The van der Waals surface area contributed by atoms with E-state index in [-0.39, 0.29) is 0 Å². The van der Waals surface area contributed by atoms with E-state index in [0.29, 0.717) is 12.0 Å². The van der Waals surface area contributed by atoms with Crippen molar-refractivity contribution in [1.82, 2.24) is 25.1 Å². The van der Waals surface area contributed by atoms with Crippen molar-refractivity contribution in [2.45, 2.75) is 33.4 Å². The minimum Gasteiger partial charge on any atom is -0.310 e. The zero-order chi connectivity index (χ0) is 13.1. The molecule has 0 atom stereocenters. The van der Waals surface area contributed by atoms with Gasteiger partial charge in [0.15, 0.2) is 0 Å². The van der Waals surface area contributed by atoms with Gasteiger partial charge in [-0.1, -0.05) is 13.8 Å². The van der Waals surface area contributed by atoms with Crippen molar-refractivity contribution < 1.29 is 0 Å². The topological polar surface area (TPSA) is 55.6 Å². The van der Waals surface area contributed by atoms with E-state index in [2.05, 4.69) is 50.2 Å². The molecule has 0 unspecified atom stereocenters. The van der Waals surface area contributed by atoms with Crippen molar-refractivity contribution in [3.05, 3.63) is 34.3 Å². The Morgan fingerprint density at radius 2 is 2.17 bits per heavy atom. The minimum absolute atomic E-state index is 0.450. The van der Waals surface area contributed by atoms with Crippen LogP contribution in [0.25, 0.3) is 5.95 Å². The molecular formula is C12H16BrN5. The van der Waals surface area contributed by atoms with Crippen LogP contribution < -0.4 is 5.32 Å². The summed E-state index contributed by atoms with van der Waals surface area (Å²) in [5.41, 5.74) is 2.08. The zero-order valence-electron chi connectivity index (χ0n) is 10.7. The molecule has 0 amide bonds. The first kappa shape index (κ1) is 13.2. The highest BCUT2D eigenvalue weighted by Gasteiger charge is 2.06. The first-order valence-electron chi connectivity index (χ1n) is 5.82. The Morgan fingerprint density at radius 1 is 1.39 bits per heavy atom. The van der Waals surface area contributed by atoms with Crippen LogP contribution >= 0.6 is 15.9 Å². The summed E-state index contributed by atoms with van der Waals surface area (Å²) < 4.78 is 2.56. The summed E-state index contributed by atoms with van der Waals surface area (Å²) in [6, 6.07) is 0.450. The van der Waals surface area contributed by atoms with Gasteiger partial charge in [0.1, 0.15) is 0 Å². The van der Waals surface area contributed by atoms with Crippen molar-refractivity contribution in [2.75, 3.05) is 0 Å². The Balaban J connectivity index is 2.19. The molecule has 2 aromatic rings. The van der Waals surface area contributed by atoms with Gasteiger partial charge in [-0.2, -0.15) is 5.10 Å². The van der Waals surface area contributed by atoms with Gasteiger partial charge in [-0.25, -0.2) is 14.6 Å². The average Bonchev–Trinajstić information content (AvgIpc) is 2.74. The lowest BCUT2D eigenvalue weighted by Gasteiger charge is -2.10. The van der Waals surface area contributed by atoms with Gasteiger partial charge in [-0.15, -0.1) is 0 Å². The van der Waals surface area contributed by atoms with Crippen LogP contribution in [0.4, 0.5) is 0 Å². The summed E-state index contributed by atoms with van der Waals surface area (Å²) >= 11 is 3.35. The number of rotatable bonds is 4. The third-order valence-electron chi connectivity index (χ3n) is 2.53. The van der Waals surface area contributed by atoms with E-state index >= 15 is 0 Å². The van der Waals surface area contributed by atoms with Crippen LogP contribution in [0.5, 0.6) is 0 Å². The number of nitrogens with one attached hydrogen (secondary N) is 1. The molecule has 0 aliphatic carbocycles. The predicted octanol–water partition coefficient (Wildman–Crippen LogP) is 2.23. The van der Waals surface area contributed by atoms with Crippen LogP contribution in [-0.2, 0) is 6.54 Å². The van der Waals surface area contributed by atoms with Crippen LogP contribution in [0, 0.1) is 6.92 Å². The van der Waals surface area contributed by atoms with E-state index < -0.39 is 0 Å². The van der Waals surface area contributed by atoms with Gasteiger partial charge in [0.2, 0.25) is 0 Å². The molecule has 0 saturated heterocycles. The van der Waals surface area contributed by atoms with E-state index in [1.54, 1.807) is 10.9 Å². The standard InChI is InChI=1S/C12H16BrN5/c1-8(2)14-4-10-5-15-12(17-9(10)3)18-7-11(13)6-16-18/h5-8,14H,4H2,1-3H3. The Labute approximate surface area is 115 Å². The molecule has 18 heavy (non-hydrogen) atoms. The highest BCUT2D eigenvalue weighted by atomic mass is 79.9. The highest BCUT2D eigenvalue weighted by Crippen LogP contribution is 2.11. The molecule has 0 spiro atoms. The van der Waals surface area contributed by atoms with Crippen LogP contribution in [0.2, 0.25) is 0 Å². The van der Waals surface area contributed by atoms with Crippen LogP contribution in [0.1, 0.15) is 25.1 Å². The summed E-state index contributed by atoms with van der Waals surface area (Å²) in [7, 11) is 0. The maximum Gasteiger partial charge on any atom is 0.250 e. The van der Waals surface area contributed by atoms with Crippen molar-refractivity contribution in [1.29, 1.82) is 0 Å². The fraction of sp³-hybridized carbons (Fsp3) is 0.417. The lowest BCUT2D eigenvalue weighted by atomic mass is 10.2. The van der Waals surface area contributed by atoms with Gasteiger partial charge in [-0.3, -0.25) is 0 Å². The molecule has 0 aliphatic rings. The van der Waals surface area contributed by atoms with Gasteiger partial charge < -0.3 is 5.32 Å². The molecule has 0 aliphatic heterocycles. The quantitative estimate of drug-likeness (QED) is 0.941. The average molecular weight is 310 g/mol. The normalized spacial score (nSPS) is 11.2. The Bertz CT molecular complexity index is 535.